The Morgan fingerprint density at radius 2 is 2.16 bits per heavy atom. The number of hydrogen-bond acceptors (Lipinski definition) is 3. The van der Waals surface area contributed by atoms with E-state index in [1.54, 1.807) is 6.92 Å². The second-order valence-electron chi connectivity index (χ2n) is 4.80. The molecule has 0 aliphatic carbocycles. The first-order valence-corrected chi connectivity index (χ1v) is 6.42. The molecule has 0 aliphatic heterocycles. The fourth-order valence-electron chi connectivity index (χ4n) is 1.71. The van der Waals surface area contributed by atoms with Crippen molar-refractivity contribution in [2.24, 2.45) is 11.7 Å². The van der Waals surface area contributed by atoms with Gasteiger partial charge in [0, 0.05) is 6.07 Å². The second-order valence-corrected chi connectivity index (χ2v) is 4.80. The molecule has 0 aromatic heterocycles. The van der Waals surface area contributed by atoms with Crippen LogP contribution in [-0.2, 0) is 4.79 Å². The molecule has 0 bridgehead atoms. The molecule has 0 aliphatic rings. The van der Waals surface area contributed by atoms with E-state index in [1.165, 1.54) is 18.2 Å². The minimum atomic E-state index is -0.584. The van der Waals surface area contributed by atoms with Gasteiger partial charge in [0.1, 0.15) is 11.6 Å². The van der Waals surface area contributed by atoms with E-state index in [4.69, 9.17) is 10.5 Å². The van der Waals surface area contributed by atoms with Gasteiger partial charge in [0.25, 0.3) is 0 Å². The summed E-state index contributed by atoms with van der Waals surface area (Å²) in [7, 11) is 0. The molecular weight excluding hydrogens is 247 g/mol. The van der Waals surface area contributed by atoms with Gasteiger partial charge in [0.2, 0.25) is 5.91 Å². The van der Waals surface area contributed by atoms with Crippen LogP contribution in [0.2, 0.25) is 0 Å². The summed E-state index contributed by atoms with van der Waals surface area (Å²) in [6.45, 7) is 6.18. The largest absolute Gasteiger partial charge is 0.492 e. The van der Waals surface area contributed by atoms with E-state index in [0.717, 1.165) is 0 Å². The highest BCUT2D eigenvalue weighted by Gasteiger charge is 2.17. The highest BCUT2D eigenvalue weighted by molar-refractivity contribution is 5.95. The van der Waals surface area contributed by atoms with E-state index >= 15 is 0 Å². The molecule has 0 saturated heterocycles. The third kappa shape index (κ3) is 4.87. The maximum atomic E-state index is 13.1. The van der Waals surface area contributed by atoms with Crippen molar-refractivity contribution in [3.63, 3.8) is 0 Å². The number of carbonyl (C=O) groups is 1. The summed E-state index contributed by atoms with van der Waals surface area (Å²) in [5, 5.41) is 2.67. The summed E-state index contributed by atoms with van der Waals surface area (Å²) >= 11 is 0. The van der Waals surface area contributed by atoms with Gasteiger partial charge in [0.15, 0.2) is 0 Å². The van der Waals surface area contributed by atoms with E-state index in [0.29, 0.717) is 30.4 Å². The number of anilines is 1. The van der Waals surface area contributed by atoms with Gasteiger partial charge < -0.3 is 15.8 Å². The molecule has 0 saturated carbocycles. The SMILES string of the molecule is CCOc1cc(F)ccc1NC(=O)C(N)CC(C)C. The number of hydrogen-bond donors (Lipinski definition) is 2. The van der Waals surface area contributed by atoms with Gasteiger partial charge in [0.05, 0.1) is 18.3 Å². The Hall–Kier alpha value is -1.62. The molecule has 1 unspecified atom stereocenters. The van der Waals surface area contributed by atoms with Crippen molar-refractivity contribution >= 4 is 11.6 Å². The van der Waals surface area contributed by atoms with Gasteiger partial charge >= 0.3 is 0 Å². The Morgan fingerprint density at radius 3 is 2.74 bits per heavy atom. The average Bonchev–Trinajstić information content (AvgIpc) is 2.32. The lowest BCUT2D eigenvalue weighted by Crippen LogP contribution is -2.36. The Balaban J connectivity index is 2.78. The molecule has 1 aromatic rings. The number of nitrogens with one attached hydrogen (secondary N) is 1. The maximum Gasteiger partial charge on any atom is 0.241 e. The number of ether oxygens (including phenoxy) is 1. The lowest BCUT2D eigenvalue weighted by atomic mass is 10.0. The van der Waals surface area contributed by atoms with Crippen molar-refractivity contribution < 1.29 is 13.9 Å². The minimum Gasteiger partial charge on any atom is -0.492 e. The number of carbonyl (C=O) groups excluding carboxylic acids is 1. The second kappa shape index (κ2) is 7.09. The van der Waals surface area contributed by atoms with Crippen LogP contribution < -0.4 is 15.8 Å². The Labute approximate surface area is 113 Å². The summed E-state index contributed by atoms with van der Waals surface area (Å²) in [5.74, 6) is -0.0536. The summed E-state index contributed by atoms with van der Waals surface area (Å²) in [5.41, 5.74) is 6.23. The van der Waals surface area contributed by atoms with Crippen LogP contribution in [0, 0.1) is 11.7 Å². The van der Waals surface area contributed by atoms with E-state index < -0.39 is 11.9 Å². The molecule has 19 heavy (non-hydrogen) atoms. The first-order chi connectivity index (χ1) is 8.93. The van der Waals surface area contributed by atoms with Crippen molar-refractivity contribution in [1.29, 1.82) is 0 Å². The molecule has 1 aromatic carbocycles. The molecular formula is C14H21FN2O2. The Bertz CT molecular complexity index is 435. The minimum absolute atomic E-state index is 0.290. The van der Waals surface area contributed by atoms with Gasteiger partial charge in [-0.25, -0.2) is 4.39 Å². The molecule has 0 radical (unpaired) electrons. The standard InChI is InChI=1S/C14H21FN2O2/c1-4-19-13-8-10(15)5-6-12(13)17-14(18)11(16)7-9(2)3/h5-6,8-9,11H,4,7,16H2,1-3H3,(H,17,18). The van der Waals surface area contributed by atoms with Crippen molar-refractivity contribution in [3.8, 4) is 5.75 Å². The Morgan fingerprint density at radius 1 is 1.47 bits per heavy atom. The summed E-state index contributed by atoms with van der Waals surface area (Å²) in [4.78, 5) is 11.9. The van der Waals surface area contributed by atoms with Crippen molar-refractivity contribution in [2.75, 3.05) is 11.9 Å². The highest BCUT2D eigenvalue weighted by atomic mass is 19.1. The van der Waals surface area contributed by atoms with Gasteiger partial charge in [-0.2, -0.15) is 0 Å². The molecule has 106 valence electrons. The van der Waals surface area contributed by atoms with E-state index in [9.17, 15) is 9.18 Å². The highest BCUT2D eigenvalue weighted by Crippen LogP contribution is 2.25. The normalized spacial score (nSPS) is 12.3. The van der Waals surface area contributed by atoms with Crippen molar-refractivity contribution in [2.45, 2.75) is 33.2 Å². The van der Waals surface area contributed by atoms with Crippen molar-refractivity contribution in [1.82, 2.24) is 0 Å². The lowest BCUT2D eigenvalue weighted by Gasteiger charge is -2.16. The maximum absolute atomic E-state index is 13.1. The molecule has 4 nitrogen and oxygen atoms in total. The van der Waals surface area contributed by atoms with Crippen LogP contribution in [0.3, 0.4) is 0 Å². The molecule has 0 heterocycles. The van der Waals surface area contributed by atoms with Crippen molar-refractivity contribution in [3.05, 3.63) is 24.0 Å². The lowest BCUT2D eigenvalue weighted by molar-refractivity contribution is -0.117. The van der Waals surface area contributed by atoms with Crippen LogP contribution in [0.5, 0.6) is 5.75 Å². The van der Waals surface area contributed by atoms with Gasteiger partial charge in [-0.15, -0.1) is 0 Å². The quantitative estimate of drug-likeness (QED) is 0.833. The molecule has 0 fully saturated rings. The predicted molar refractivity (Wildman–Crippen MR) is 73.6 cm³/mol. The molecule has 1 atom stereocenters. The van der Waals surface area contributed by atoms with Gasteiger partial charge in [-0.3, -0.25) is 4.79 Å². The third-order valence-corrected chi connectivity index (χ3v) is 2.56. The number of benzene rings is 1. The summed E-state index contributed by atoms with van der Waals surface area (Å²) in [6.07, 6.45) is 0.594. The van der Waals surface area contributed by atoms with Crippen LogP contribution in [0.1, 0.15) is 27.2 Å². The molecule has 5 heteroatoms. The first kappa shape index (κ1) is 15.4. The van der Waals surface area contributed by atoms with E-state index in [1.807, 2.05) is 13.8 Å². The van der Waals surface area contributed by atoms with Gasteiger partial charge in [-0.05, 0) is 31.4 Å². The Kier molecular flexibility index (Phi) is 5.76. The third-order valence-electron chi connectivity index (χ3n) is 2.56. The fourth-order valence-corrected chi connectivity index (χ4v) is 1.71. The zero-order valence-electron chi connectivity index (χ0n) is 11.6. The monoisotopic (exact) mass is 268 g/mol. The molecule has 1 rings (SSSR count). The van der Waals surface area contributed by atoms with E-state index in [-0.39, 0.29) is 5.91 Å². The number of halogens is 1. The topological polar surface area (TPSA) is 64.3 Å². The van der Waals surface area contributed by atoms with E-state index in [2.05, 4.69) is 5.32 Å². The first-order valence-electron chi connectivity index (χ1n) is 6.42. The predicted octanol–water partition coefficient (Wildman–Crippen LogP) is 2.54. The number of rotatable bonds is 6. The molecule has 1 amide bonds. The van der Waals surface area contributed by atoms with Crippen LogP contribution in [0.15, 0.2) is 18.2 Å². The smallest absolute Gasteiger partial charge is 0.241 e. The fraction of sp³-hybridized carbons (Fsp3) is 0.500. The zero-order chi connectivity index (χ0) is 14.4. The van der Waals surface area contributed by atoms with Crippen LogP contribution >= 0.6 is 0 Å². The van der Waals surface area contributed by atoms with Crippen LogP contribution in [0.25, 0.3) is 0 Å². The van der Waals surface area contributed by atoms with Gasteiger partial charge in [-0.1, -0.05) is 13.8 Å². The van der Waals surface area contributed by atoms with Crippen LogP contribution in [0.4, 0.5) is 10.1 Å². The molecule has 0 spiro atoms. The number of nitrogens with two attached hydrogens (primary N) is 1. The van der Waals surface area contributed by atoms with Crippen LogP contribution in [-0.4, -0.2) is 18.6 Å². The summed E-state index contributed by atoms with van der Waals surface area (Å²) < 4.78 is 18.4. The summed E-state index contributed by atoms with van der Waals surface area (Å²) in [6, 6.07) is 3.40. The average molecular weight is 268 g/mol. The molecule has 3 N–H and O–H groups in total. The zero-order valence-corrected chi connectivity index (χ0v) is 11.6. The number of amides is 1.